The van der Waals surface area contributed by atoms with Crippen LogP contribution in [0, 0.1) is 11.3 Å². The van der Waals surface area contributed by atoms with E-state index in [0.717, 1.165) is 0 Å². The molecule has 86 valence electrons. The summed E-state index contributed by atoms with van der Waals surface area (Å²) in [6.45, 7) is 2.17. The lowest BCUT2D eigenvalue weighted by Gasteiger charge is -2.17. The molecule has 1 N–H and O–H groups in total. The molecule has 0 saturated heterocycles. The molecule has 0 fully saturated rings. The molecule has 0 saturated carbocycles. The van der Waals surface area contributed by atoms with Crippen LogP contribution in [-0.2, 0) is 0 Å². The van der Waals surface area contributed by atoms with Crippen LogP contribution in [-0.4, -0.2) is 35.6 Å². The van der Waals surface area contributed by atoms with Gasteiger partial charge in [-0.15, -0.1) is 11.3 Å². The molecule has 1 aromatic heterocycles. The van der Waals surface area contributed by atoms with Crippen LogP contribution in [0.2, 0.25) is 0 Å². The van der Waals surface area contributed by atoms with E-state index >= 15 is 0 Å². The number of aliphatic hydroxyl groups is 1. The van der Waals surface area contributed by atoms with Crippen LogP contribution in [0.1, 0.15) is 28.6 Å². The van der Waals surface area contributed by atoms with Gasteiger partial charge in [-0.1, -0.05) is 0 Å². The molecule has 1 unspecified atom stereocenters. The van der Waals surface area contributed by atoms with Crippen LogP contribution in [0.15, 0.2) is 11.4 Å². The average molecular weight is 238 g/mol. The Kier molecular flexibility index (Phi) is 4.47. The molecular weight excluding hydrogens is 224 g/mol. The van der Waals surface area contributed by atoms with Crippen molar-refractivity contribution >= 4 is 17.2 Å². The van der Waals surface area contributed by atoms with Crippen molar-refractivity contribution in [2.24, 2.45) is 0 Å². The minimum Gasteiger partial charge on any atom is -0.393 e. The Morgan fingerprint density at radius 1 is 1.75 bits per heavy atom. The number of carbonyl (C=O) groups is 1. The standard InChI is InChI=1S/C11H14N2O2S/c1-8(14)3-5-13(2)11(15)10-9(7-12)4-6-16-10/h4,6,8,14H,3,5H2,1-2H3. The average Bonchev–Trinajstić information content (AvgIpc) is 2.72. The summed E-state index contributed by atoms with van der Waals surface area (Å²) in [7, 11) is 1.67. The lowest BCUT2D eigenvalue weighted by Crippen LogP contribution is -2.29. The Hall–Kier alpha value is -1.38. The van der Waals surface area contributed by atoms with Crippen molar-refractivity contribution in [2.75, 3.05) is 13.6 Å². The molecule has 16 heavy (non-hydrogen) atoms. The second-order valence-corrected chi connectivity index (χ2v) is 4.56. The third-order valence-electron chi connectivity index (χ3n) is 2.21. The molecule has 0 spiro atoms. The van der Waals surface area contributed by atoms with Gasteiger partial charge in [0.25, 0.3) is 5.91 Å². The minimum absolute atomic E-state index is 0.160. The summed E-state index contributed by atoms with van der Waals surface area (Å²) in [6, 6.07) is 3.63. The summed E-state index contributed by atoms with van der Waals surface area (Å²) in [5.74, 6) is -0.160. The predicted octanol–water partition coefficient (Wildman–Crippen LogP) is 1.46. The van der Waals surface area contributed by atoms with Crippen molar-refractivity contribution < 1.29 is 9.90 Å². The number of thiophene rings is 1. The largest absolute Gasteiger partial charge is 0.393 e. The van der Waals surface area contributed by atoms with E-state index in [1.54, 1.807) is 25.4 Å². The molecule has 1 heterocycles. The van der Waals surface area contributed by atoms with Gasteiger partial charge in [0.2, 0.25) is 0 Å². The van der Waals surface area contributed by atoms with E-state index in [9.17, 15) is 4.79 Å². The molecule has 1 atom stereocenters. The Morgan fingerprint density at radius 2 is 2.44 bits per heavy atom. The molecule has 0 aromatic carbocycles. The molecule has 1 rings (SSSR count). The first-order valence-electron chi connectivity index (χ1n) is 4.97. The Balaban J connectivity index is 2.68. The van der Waals surface area contributed by atoms with Crippen LogP contribution >= 0.6 is 11.3 Å². The normalized spacial score (nSPS) is 11.9. The first-order chi connectivity index (χ1) is 7.56. The quantitative estimate of drug-likeness (QED) is 0.863. The highest BCUT2D eigenvalue weighted by molar-refractivity contribution is 7.12. The summed E-state index contributed by atoms with van der Waals surface area (Å²) < 4.78 is 0. The smallest absolute Gasteiger partial charge is 0.265 e. The predicted molar refractivity (Wildman–Crippen MR) is 62.3 cm³/mol. The van der Waals surface area contributed by atoms with E-state index in [0.29, 0.717) is 23.4 Å². The first-order valence-corrected chi connectivity index (χ1v) is 5.85. The van der Waals surface area contributed by atoms with Crippen molar-refractivity contribution in [1.29, 1.82) is 5.26 Å². The van der Waals surface area contributed by atoms with Gasteiger partial charge in [-0.2, -0.15) is 5.26 Å². The third-order valence-corrected chi connectivity index (χ3v) is 3.11. The third kappa shape index (κ3) is 3.05. The van der Waals surface area contributed by atoms with Gasteiger partial charge in [0.15, 0.2) is 0 Å². The molecule has 1 aromatic rings. The molecule has 0 aliphatic heterocycles. The van der Waals surface area contributed by atoms with Crippen LogP contribution in [0.3, 0.4) is 0 Å². The van der Waals surface area contributed by atoms with E-state index in [4.69, 9.17) is 10.4 Å². The molecule has 1 amide bonds. The zero-order chi connectivity index (χ0) is 12.1. The van der Waals surface area contributed by atoms with E-state index in [1.807, 2.05) is 6.07 Å². The van der Waals surface area contributed by atoms with Gasteiger partial charge in [-0.25, -0.2) is 0 Å². The van der Waals surface area contributed by atoms with Crippen molar-refractivity contribution in [1.82, 2.24) is 4.90 Å². The number of hydrogen-bond donors (Lipinski definition) is 1. The molecular formula is C11H14N2O2S. The maximum absolute atomic E-state index is 11.9. The van der Waals surface area contributed by atoms with Gasteiger partial charge >= 0.3 is 0 Å². The van der Waals surface area contributed by atoms with E-state index in [2.05, 4.69) is 0 Å². The van der Waals surface area contributed by atoms with Gasteiger partial charge < -0.3 is 10.0 Å². The van der Waals surface area contributed by atoms with Crippen molar-refractivity contribution in [3.8, 4) is 6.07 Å². The fraction of sp³-hybridized carbons (Fsp3) is 0.455. The van der Waals surface area contributed by atoms with Crippen LogP contribution in [0.5, 0.6) is 0 Å². The van der Waals surface area contributed by atoms with Crippen molar-refractivity contribution in [3.63, 3.8) is 0 Å². The Bertz CT molecular complexity index is 406. The lowest BCUT2D eigenvalue weighted by atomic mass is 10.2. The first kappa shape index (κ1) is 12.7. The van der Waals surface area contributed by atoms with Crippen molar-refractivity contribution in [3.05, 3.63) is 21.9 Å². The van der Waals surface area contributed by atoms with Gasteiger partial charge in [0, 0.05) is 13.6 Å². The summed E-state index contributed by atoms with van der Waals surface area (Å²) in [5.41, 5.74) is 0.416. The molecule has 0 radical (unpaired) electrons. The van der Waals surface area contributed by atoms with Crippen LogP contribution < -0.4 is 0 Å². The molecule has 0 bridgehead atoms. The number of nitrogens with zero attached hydrogens (tertiary/aromatic N) is 2. The van der Waals surface area contributed by atoms with E-state index < -0.39 is 6.10 Å². The summed E-state index contributed by atoms with van der Waals surface area (Å²) in [5, 5.41) is 19.7. The van der Waals surface area contributed by atoms with Gasteiger partial charge in [-0.3, -0.25) is 4.79 Å². The number of amides is 1. The fourth-order valence-electron chi connectivity index (χ4n) is 1.22. The monoisotopic (exact) mass is 238 g/mol. The lowest BCUT2D eigenvalue weighted by molar-refractivity contribution is 0.0773. The maximum Gasteiger partial charge on any atom is 0.265 e. The fourth-order valence-corrected chi connectivity index (χ4v) is 2.06. The maximum atomic E-state index is 11.9. The molecule has 4 nitrogen and oxygen atoms in total. The Labute approximate surface area is 98.7 Å². The number of carbonyl (C=O) groups excluding carboxylic acids is 1. The molecule has 5 heteroatoms. The number of nitriles is 1. The zero-order valence-electron chi connectivity index (χ0n) is 9.30. The van der Waals surface area contributed by atoms with Crippen molar-refractivity contribution in [2.45, 2.75) is 19.4 Å². The highest BCUT2D eigenvalue weighted by Crippen LogP contribution is 2.17. The van der Waals surface area contributed by atoms with Gasteiger partial charge in [-0.05, 0) is 24.8 Å². The van der Waals surface area contributed by atoms with Crippen LogP contribution in [0.25, 0.3) is 0 Å². The topological polar surface area (TPSA) is 64.3 Å². The highest BCUT2D eigenvalue weighted by atomic mass is 32.1. The second kappa shape index (κ2) is 5.64. The molecule has 0 aliphatic carbocycles. The Morgan fingerprint density at radius 3 is 3.00 bits per heavy atom. The summed E-state index contributed by atoms with van der Waals surface area (Å²) in [6.07, 6.45) is 0.115. The highest BCUT2D eigenvalue weighted by Gasteiger charge is 2.17. The van der Waals surface area contributed by atoms with Gasteiger partial charge in [0.1, 0.15) is 10.9 Å². The number of aliphatic hydroxyl groups excluding tert-OH is 1. The van der Waals surface area contributed by atoms with Gasteiger partial charge in [0.05, 0.1) is 11.7 Å². The zero-order valence-corrected chi connectivity index (χ0v) is 10.1. The number of rotatable bonds is 4. The second-order valence-electron chi connectivity index (χ2n) is 3.64. The van der Waals surface area contributed by atoms with E-state index in [-0.39, 0.29) is 5.91 Å². The SMILES string of the molecule is CC(O)CCN(C)C(=O)c1sccc1C#N. The summed E-state index contributed by atoms with van der Waals surface area (Å²) >= 11 is 1.27. The van der Waals surface area contributed by atoms with E-state index in [1.165, 1.54) is 16.2 Å². The molecule has 0 aliphatic rings. The number of hydrogen-bond acceptors (Lipinski definition) is 4. The van der Waals surface area contributed by atoms with Crippen LogP contribution in [0.4, 0.5) is 0 Å². The summed E-state index contributed by atoms with van der Waals surface area (Å²) in [4.78, 5) is 13.9. The minimum atomic E-state index is -0.422.